The Kier molecular flexibility index (Phi) is 6.62. The van der Waals surface area contributed by atoms with Crippen LogP contribution in [0.2, 0.25) is 0 Å². The van der Waals surface area contributed by atoms with E-state index in [0.717, 1.165) is 5.56 Å². The molecule has 2 rings (SSSR count). The fourth-order valence-corrected chi connectivity index (χ4v) is 2.64. The molecule has 5 heteroatoms. The van der Waals surface area contributed by atoms with Crippen molar-refractivity contribution in [2.75, 3.05) is 19.8 Å². The molecule has 0 radical (unpaired) electrons. The van der Waals surface area contributed by atoms with E-state index >= 15 is 0 Å². The normalized spacial score (nSPS) is 10.8. The summed E-state index contributed by atoms with van der Waals surface area (Å²) < 4.78 is 13.5. The van der Waals surface area contributed by atoms with Crippen molar-refractivity contribution < 1.29 is 9.18 Å². The van der Waals surface area contributed by atoms with Gasteiger partial charge in [-0.25, -0.2) is 4.39 Å². The lowest BCUT2D eigenvalue weighted by molar-refractivity contribution is -0.122. The minimum atomic E-state index is -0.296. The number of rotatable bonds is 7. The van der Waals surface area contributed by atoms with Gasteiger partial charge in [-0.1, -0.05) is 30.3 Å². The van der Waals surface area contributed by atoms with Gasteiger partial charge < -0.3 is 5.32 Å². The topological polar surface area (TPSA) is 32.3 Å². The van der Waals surface area contributed by atoms with Crippen molar-refractivity contribution in [3.63, 3.8) is 0 Å². The Morgan fingerprint density at radius 2 is 1.87 bits per heavy atom. The number of halogens is 1. The molecule has 0 saturated carbocycles. The first kappa shape index (κ1) is 17.5. The zero-order chi connectivity index (χ0) is 16.7. The molecule has 0 aliphatic heterocycles. The third-order valence-corrected chi connectivity index (χ3v) is 4.20. The van der Waals surface area contributed by atoms with Gasteiger partial charge in [-0.15, -0.1) is 11.8 Å². The Morgan fingerprint density at radius 3 is 2.52 bits per heavy atom. The van der Waals surface area contributed by atoms with Crippen molar-refractivity contribution >= 4 is 17.7 Å². The summed E-state index contributed by atoms with van der Waals surface area (Å²) in [6, 6.07) is 14.8. The monoisotopic (exact) mass is 332 g/mol. The fourth-order valence-electron chi connectivity index (χ4n) is 2.24. The van der Waals surface area contributed by atoms with Crippen molar-refractivity contribution in [3.8, 4) is 0 Å². The lowest BCUT2D eigenvalue weighted by Gasteiger charge is -2.16. The first-order valence-electron chi connectivity index (χ1n) is 7.40. The van der Waals surface area contributed by atoms with Crippen LogP contribution in [0.25, 0.3) is 0 Å². The maximum Gasteiger partial charge on any atom is 0.234 e. The summed E-state index contributed by atoms with van der Waals surface area (Å²) in [4.78, 5) is 15.1. The number of thioether (sulfide) groups is 1. The number of benzene rings is 2. The van der Waals surface area contributed by atoms with E-state index in [1.54, 1.807) is 30.0 Å². The molecule has 0 atom stereocenters. The maximum absolute atomic E-state index is 13.5. The molecule has 2 aromatic carbocycles. The molecule has 1 N–H and O–H groups in total. The maximum atomic E-state index is 13.5. The van der Waals surface area contributed by atoms with E-state index in [4.69, 9.17) is 0 Å². The Bertz CT molecular complexity index is 646. The van der Waals surface area contributed by atoms with Gasteiger partial charge in [-0.3, -0.25) is 9.69 Å². The van der Waals surface area contributed by atoms with Gasteiger partial charge in [0, 0.05) is 23.5 Å². The summed E-state index contributed by atoms with van der Waals surface area (Å²) in [6.07, 6.45) is 2.04. The van der Waals surface area contributed by atoms with Crippen LogP contribution in [-0.2, 0) is 17.9 Å². The minimum absolute atomic E-state index is 0.114. The van der Waals surface area contributed by atoms with Crippen LogP contribution in [0.3, 0.4) is 0 Å². The van der Waals surface area contributed by atoms with E-state index < -0.39 is 0 Å². The number of hydrogen-bond acceptors (Lipinski definition) is 3. The van der Waals surface area contributed by atoms with Crippen LogP contribution in [0.4, 0.5) is 4.39 Å². The third kappa shape index (κ3) is 5.69. The second kappa shape index (κ2) is 8.70. The van der Waals surface area contributed by atoms with Crippen molar-refractivity contribution in [1.82, 2.24) is 10.2 Å². The molecular weight excluding hydrogens is 311 g/mol. The number of nitrogens with one attached hydrogen (secondary N) is 1. The first-order chi connectivity index (χ1) is 11.1. The van der Waals surface area contributed by atoms with Crippen LogP contribution in [0.5, 0.6) is 0 Å². The van der Waals surface area contributed by atoms with Crippen LogP contribution in [0, 0.1) is 5.82 Å². The summed E-state index contributed by atoms with van der Waals surface area (Å²) in [7, 11) is 1.89. The summed E-state index contributed by atoms with van der Waals surface area (Å²) in [5.74, 6) is -0.411. The number of carbonyl (C=O) groups is 1. The summed E-state index contributed by atoms with van der Waals surface area (Å²) in [6.45, 7) is 1.18. The van der Waals surface area contributed by atoms with Crippen molar-refractivity contribution in [2.45, 2.75) is 18.0 Å². The smallest absolute Gasteiger partial charge is 0.234 e. The van der Waals surface area contributed by atoms with Gasteiger partial charge in [0.05, 0.1) is 6.54 Å². The molecule has 3 nitrogen and oxygen atoms in total. The number of amides is 1. The molecule has 122 valence electrons. The Hall–Kier alpha value is -1.85. The lowest BCUT2D eigenvalue weighted by Crippen LogP contribution is -2.34. The molecule has 0 heterocycles. The molecule has 0 aliphatic carbocycles. The van der Waals surface area contributed by atoms with Crippen LogP contribution in [0.15, 0.2) is 53.4 Å². The lowest BCUT2D eigenvalue weighted by atomic mass is 10.2. The standard InChI is InChI=1S/C18H21FN2OS/c1-21(12-14-7-9-16(23-2)10-8-14)13-18(22)20-11-15-5-3-4-6-17(15)19/h3-10H,11-13H2,1-2H3,(H,20,22). The Morgan fingerprint density at radius 1 is 1.17 bits per heavy atom. The summed E-state index contributed by atoms with van der Waals surface area (Å²) >= 11 is 1.70. The van der Waals surface area contributed by atoms with Gasteiger partial charge >= 0.3 is 0 Å². The molecular formula is C18H21FN2OS. The highest BCUT2D eigenvalue weighted by atomic mass is 32.2. The predicted molar refractivity (Wildman–Crippen MR) is 92.8 cm³/mol. The van der Waals surface area contributed by atoms with Crippen LogP contribution in [0.1, 0.15) is 11.1 Å². The van der Waals surface area contributed by atoms with E-state index in [-0.39, 0.29) is 24.8 Å². The van der Waals surface area contributed by atoms with Gasteiger partial charge in [0.2, 0.25) is 5.91 Å². The molecule has 1 amide bonds. The molecule has 0 spiro atoms. The van der Waals surface area contributed by atoms with E-state index in [9.17, 15) is 9.18 Å². The van der Waals surface area contributed by atoms with E-state index in [0.29, 0.717) is 12.1 Å². The molecule has 0 fully saturated rings. The van der Waals surface area contributed by atoms with E-state index in [2.05, 4.69) is 29.6 Å². The largest absolute Gasteiger partial charge is 0.351 e. The molecule has 0 aliphatic rings. The Balaban J connectivity index is 1.79. The van der Waals surface area contributed by atoms with Crippen LogP contribution >= 0.6 is 11.8 Å². The predicted octanol–water partition coefficient (Wildman–Crippen LogP) is 3.30. The highest BCUT2D eigenvalue weighted by Gasteiger charge is 2.08. The molecule has 0 bridgehead atoms. The highest BCUT2D eigenvalue weighted by Crippen LogP contribution is 2.15. The number of carbonyl (C=O) groups excluding carboxylic acids is 1. The number of nitrogens with zero attached hydrogens (tertiary/aromatic N) is 1. The van der Waals surface area contributed by atoms with E-state index in [1.807, 2.05) is 18.2 Å². The summed E-state index contributed by atoms with van der Waals surface area (Å²) in [5, 5.41) is 2.75. The minimum Gasteiger partial charge on any atom is -0.351 e. The molecule has 0 aromatic heterocycles. The zero-order valence-corrected chi connectivity index (χ0v) is 14.2. The zero-order valence-electron chi connectivity index (χ0n) is 13.4. The first-order valence-corrected chi connectivity index (χ1v) is 8.62. The third-order valence-electron chi connectivity index (χ3n) is 3.46. The fraction of sp³-hybridized carbons (Fsp3) is 0.278. The highest BCUT2D eigenvalue weighted by molar-refractivity contribution is 7.98. The van der Waals surface area contributed by atoms with Crippen molar-refractivity contribution in [2.24, 2.45) is 0 Å². The Labute approximate surface area is 140 Å². The molecule has 0 saturated heterocycles. The van der Waals surface area contributed by atoms with Gasteiger partial charge in [0.25, 0.3) is 0 Å². The van der Waals surface area contributed by atoms with Crippen LogP contribution in [-0.4, -0.2) is 30.7 Å². The number of likely N-dealkylation sites (N-methyl/N-ethyl adjacent to an activating group) is 1. The quantitative estimate of drug-likeness (QED) is 0.790. The van der Waals surface area contributed by atoms with Gasteiger partial charge in [-0.2, -0.15) is 0 Å². The number of hydrogen-bond donors (Lipinski definition) is 1. The average molecular weight is 332 g/mol. The average Bonchev–Trinajstić information content (AvgIpc) is 2.54. The van der Waals surface area contributed by atoms with Crippen molar-refractivity contribution in [1.29, 1.82) is 0 Å². The second-order valence-corrected chi connectivity index (χ2v) is 6.27. The summed E-state index contributed by atoms with van der Waals surface area (Å²) in [5.41, 5.74) is 1.66. The van der Waals surface area contributed by atoms with Crippen LogP contribution < -0.4 is 5.32 Å². The molecule has 0 unspecified atom stereocenters. The SMILES string of the molecule is CSc1ccc(CN(C)CC(=O)NCc2ccccc2F)cc1. The second-order valence-electron chi connectivity index (χ2n) is 5.39. The van der Waals surface area contributed by atoms with Gasteiger partial charge in [0.15, 0.2) is 0 Å². The van der Waals surface area contributed by atoms with Crippen molar-refractivity contribution in [3.05, 3.63) is 65.5 Å². The van der Waals surface area contributed by atoms with Gasteiger partial charge in [-0.05, 0) is 37.1 Å². The van der Waals surface area contributed by atoms with E-state index in [1.165, 1.54) is 11.0 Å². The molecule has 2 aromatic rings. The van der Waals surface area contributed by atoms with Gasteiger partial charge in [0.1, 0.15) is 5.82 Å². The molecule has 23 heavy (non-hydrogen) atoms.